The van der Waals surface area contributed by atoms with Crippen LogP contribution in [0, 0.1) is 0 Å². The number of Topliss-reactive ketones (excluding diaryl/α,β-unsaturated/α-hetero) is 1. The van der Waals surface area contributed by atoms with Crippen molar-refractivity contribution in [2.75, 3.05) is 14.2 Å². The van der Waals surface area contributed by atoms with Gasteiger partial charge >= 0.3 is 5.97 Å². The molecule has 1 aliphatic heterocycles. The van der Waals surface area contributed by atoms with Crippen LogP contribution in [-0.2, 0) is 16.1 Å². The molecule has 0 N–H and O–H groups in total. The Morgan fingerprint density at radius 3 is 2.51 bits per heavy atom. The van der Waals surface area contributed by atoms with Crippen molar-refractivity contribution in [1.82, 2.24) is 4.57 Å². The molecule has 5 heteroatoms. The maximum absolute atomic E-state index is 12.3. The molecule has 2 heterocycles. The Hall–Kier alpha value is -3.08. The number of aryl methyl sites for hydroxylation is 1. The Balaban J connectivity index is 1.73. The molecule has 1 saturated carbocycles. The van der Waals surface area contributed by atoms with E-state index in [-0.39, 0.29) is 17.7 Å². The minimum absolute atomic E-state index is 0.0939. The lowest BCUT2D eigenvalue weighted by molar-refractivity contribution is -0.140. The SMILES string of the molecule is COC(=O)CCC1CCn2c(c(C3CCCCC3)c3ccc(C(C)=O)cc32)-c2ccc(OC)cc21. The normalized spacial score (nSPS) is 18.0. The van der Waals surface area contributed by atoms with Gasteiger partial charge in [-0.3, -0.25) is 9.59 Å². The number of esters is 1. The van der Waals surface area contributed by atoms with E-state index in [4.69, 9.17) is 9.47 Å². The van der Waals surface area contributed by atoms with Crippen LogP contribution in [0.1, 0.15) is 91.6 Å². The van der Waals surface area contributed by atoms with Crippen molar-refractivity contribution in [2.24, 2.45) is 0 Å². The van der Waals surface area contributed by atoms with Gasteiger partial charge in [0.15, 0.2) is 5.78 Å². The van der Waals surface area contributed by atoms with Gasteiger partial charge in [-0.05, 0) is 79.8 Å². The number of nitrogens with zero attached hydrogens (tertiary/aromatic N) is 1. The third-order valence-corrected chi connectivity index (χ3v) is 8.10. The fraction of sp³-hybridized carbons (Fsp3) is 0.467. The molecule has 0 spiro atoms. The summed E-state index contributed by atoms with van der Waals surface area (Å²) in [6.07, 6.45) is 8.31. The van der Waals surface area contributed by atoms with E-state index < -0.39 is 0 Å². The largest absolute Gasteiger partial charge is 0.497 e. The molecule has 3 aromatic rings. The van der Waals surface area contributed by atoms with Crippen LogP contribution in [0.25, 0.3) is 22.2 Å². The topological polar surface area (TPSA) is 57.5 Å². The van der Waals surface area contributed by atoms with Gasteiger partial charge in [-0.2, -0.15) is 0 Å². The highest BCUT2D eigenvalue weighted by Gasteiger charge is 2.31. The summed E-state index contributed by atoms with van der Waals surface area (Å²) in [6.45, 7) is 2.49. The van der Waals surface area contributed by atoms with Crippen LogP contribution >= 0.6 is 0 Å². The number of benzene rings is 2. The highest BCUT2D eigenvalue weighted by molar-refractivity contribution is 6.01. The van der Waals surface area contributed by atoms with Gasteiger partial charge in [-0.25, -0.2) is 0 Å². The molecule has 5 nitrogen and oxygen atoms in total. The average Bonchev–Trinajstić information content (AvgIpc) is 3.12. The average molecular weight is 474 g/mol. The number of methoxy groups -OCH3 is 2. The van der Waals surface area contributed by atoms with Gasteiger partial charge < -0.3 is 14.0 Å². The summed E-state index contributed by atoms with van der Waals surface area (Å²) in [6, 6.07) is 12.7. The molecule has 2 aromatic carbocycles. The number of fused-ring (bicyclic) bond motifs is 5. The predicted octanol–water partition coefficient (Wildman–Crippen LogP) is 7.01. The molecule has 0 radical (unpaired) electrons. The zero-order chi connectivity index (χ0) is 24.5. The van der Waals surface area contributed by atoms with E-state index in [1.54, 1.807) is 14.0 Å². The van der Waals surface area contributed by atoms with Crippen molar-refractivity contribution in [1.29, 1.82) is 0 Å². The predicted molar refractivity (Wildman–Crippen MR) is 138 cm³/mol. The fourth-order valence-electron chi connectivity index (χ4n) is 6.28. The lowest BCUT2D eigenvalue weighted by Crippen LogP contribution is -2.07. The Bertz CT molecular complexity index is 1270. The molecule has 35 heavy (non-hydrogen) atoms. The molecule has 1 atom stereocenters. The summed E-state index contributed by atoms with van der Waals surface area (Å²) >= 11 is 0. The van der Waals surface area contributed by atoms with Crippen LogP contribution in [0.15, 0.2) is 36.4 Å². The molecule has 1 aromatic heterocycles. The second-order valence-electron chi connectivity index (χ2n) is 10.1. The molecule has 1 unspecified atom stereocenters. The van der Waals surface area contributed by atoms with Gasteiger partial charge in [-0.15, -0.1) is 0 Å². The van der Waals surface area contributed by atoms with Crippen molar-refractivity contribution < 1.29 is 19.1 Å². The first-order valence-electron chi connectivity index (χ1n) is 12.9. The standard InChI is InChI=1S/C30H35NO4/c1-19(32)22-9-12-25-27(17-22)31-16-15-20(10-14-28(33)35-3)26-18-23(34-2)11-13-24(26)30(31)29(25)21-7-5-4-6-8-21/h9,11-13,17-18,20-21H,4-8,10,14-16H2,1-3H3. The molecular formula is C30H35NO4. The Kier molecular flexibility index (Phi) is 6.68. The van der Waals surface area contributed by atoms with Gasteiger partial charge in [0.05, 0.1) is 19.9 Å². The van der Waals surface area contributed by atoms with Crippen molar-refractivity contribution in [2.45, 2.75) is 76.7 Å². The molecule has 184 valence electrons. The number of ether oxygens (including phenoxy) is 2. The van der Waals surface area contributed by atoms with Crippen LogP contribution in [0.3, 0.4) is 0 Å². The van der Waals surface area contributed by atoms with Gasteiger partial charge in [0.1, 0.15) is 5.75 Å². The number of hydrogen-bond acceptors (Lipinski definition) is 4. The Morgan fingerprint density at radius 1 is 1.00 bits per heavy atom. The summed E-state index contributed by atoms with van der Waals surface area (Å²) in [5, 5.41) is 1.28. The van der Waals surface area contributed by atoms with Gasteiger partial charge in [0.2, 0.25) is 0 Å². The third kappa shape index (κ3) is 4.37. The van der Waals surface area contributed by atoms with Crippen LogP contribution < -0.4 is 4.74 Å². The number of aromatic nitrogens is 1. The highest BCUT2D eigenvalue weighted by Crippen LogP contribution is 2.49. The van der Waals surface area contributed by atoms with E-state index >= 15 is 0 Å². The first-order chi connectivity index (χ1) is 17.0. The Morgan fingerprint density at radius 2 is 1.80 bits per heavy atom. The molecule has 0 saturated heterocycles. The lowest BCUT2D eigenvalue weighted by atomic mass is 9.80. The molecule has 0 bridgehead atoms. The van der Waals surface area contributed by atoms with Crippen molar-refractivity contribution in [3.8, 4) is 17.0 Å². The maximum atomic E-state index is 12.3. The first kappa shape index (κ1) is 23.7. The monoisotopic (exact) mass is 473 g/mol. The van der Waals surface area contributed by atoms with Crippen molar-refractivity contribution in [3.05, 3.63) is 53.1 Å². The van der Waals surface area contributed by atoms with Crippen LogP contribution in [0.2, 0.25) is 0 Å². The van der Waals surface area contributed by atoms with Crippen LogP contribution in [-0.4, -0.2) is 30.5 Å². The fourth-order valence-corrected chi connectivity index (χ4v) is 6.28. The van der Waals surface area contributed by atoms with E-state index in [1.807, 2.05) is 6.07 Å². The second kappa shape index (κ2) is 9.88. The van der Waals surface area contributed by atoms with Crippen molar-refractivity contribution >= 4 is 22.7 Å². The summed E-state index contributed by atoms with van der Waals surface area (Å²) in [5.41, 5.74) is 7.14. The second-order valence-corrected chi connectivity index (χ2v) is 10.1. The van der Waals surface area contributed by atoms with E-state index in [1.165, 1.54) is 67.0 Å². The van der Waals surface area contributed by atoms with Gasteiger partial charge in [0.25, 0.3) is 0 Å². The molecular weight excluding hydrogens is 438 g/mol. The molecule has 0 amide bonds. The van der Waals surface area contributed by atoms with E-state index in [9.17, 15) is 9.59 Å². The quantitative estimate of drug-likeness (QED) is 0.285. The summed E-state index contributed by atoms with van der Waals surface area (Å²) in [4.78, 5) is 24.3. The maximum Gasteiger partial charge on any atom is 0.305 e. The third-order valence-electron chi connectivity index (χ3n) is 8.10. The summed E-state index contributed by atoms with van der Waals surface area (Å²) in [5.74, 6) is 1.51. The Labute approximate surface area is 207 Å². The summed E-state index contributed by atoms with van der Waals surface area (Å²) < 4.78 is 13.0. The zero-order valence-electron chi connectivity index (χ0n) is 21.1. The molecule has 2 aliphatic rings. The van der Waals surface area contributed by atoms with E-state index in [0.717, 1.165) is 36.2 Å². The minimum Gasteiger partial charge on any atom is -0.497 e. The number of hydrogen-bond donors (Lipinski definition) is 0. The number of rotatable bonds is 6. The molecule has 5 rings (SSSR count). The van der Waals surface area contributed by atoms with Crippen LogP contribution in [0.5, 0.6) is 5.75 Å². The van der Waals surface area contributed by atoms with Gasteiger partial charge in [0, 0.05) is 35.0 Å². The first-order valence-corrected chi connectivity index (χ1v) is 12.9. The highest BCUT2D eigenvalue weighted by atomic mass is 16.5. The van der Waals surface area contributed by atoms with Gasteiger partial charge in [-0.1, -0.05) is 31.4 Å². The van der Waals surface area contributed by atoms with Crippen LogP contribution in [0.4, 0.5) is 0 Å². The number of carbonyl (C=O) groups is 2. The smallest absolute Gasteiger partial charge is 0.305 e. The zero-order valence-corrected chi connectivity index (χ0v) is 21.1. The van der Waals surface area contributed by atoms with Crippen molar-refractivity contribution in [3.63, 3.8) is 0 Å². The molecule has 1 aliphatic carbocycles. The molecule has 1 fully saturated rings. The van der Waals surface area contributed by atoms with E-state index in [0.29, 0.717) is 12.3 Å². The summed E-state index contributed by atoms with van der Waals surface area (Å²) in [7, 11) is 3.16. The lowest BCUT2D eigenvalue weighted by Gasteiger charge is -2.24. The minimum atomic E-state index is -0.169. The number of carbonyl (C=O) groups excluding carboxylic acids is 2. The van der Waals surface area contributed by atoms with E-state index in [2.05, 4.69) is 34.9 Å². The number of ketones is 1.